The Bertz CT molecular complexity index is 339. The van der Waals surface area contributed by atoms with Crippen LogP contribution in [0.3, 0.4) is 0 Å². The van der Waals surface area contributed by atoms with Crippen molar-refractivity contribution in [1.29, 1.82) is 0 Å². The fourth-order valence-corrected chi connectivity index (χ4v) is 1.44. The monoisotopic (exact) mass is 222 g/mol. The number of aldehydes is 1. The van der Waals surface area contributed by atoms with Gasteiger partial charge in [0, 0.05) is 6.42 Å². The van der Waals surface area contributed by atoms with Crippen molar-refractivity contribution in [3.63, 3.8) is 0 Å². The summed E-state index contributed by atoms with van der Waals surface area (Å²) in [7, 11) is 0. The van der Waals surface area contributed by atoms with Gasteiger partial charge in [-0.15, -0.1) is 0 Å². The minimum atomic E-state index is -1.10. The van der Waals surface area contributed by atoms with Gasteiger partial charge in [-0.25, -0.2) is 0 Å². The van der Waals surface area contributed by atoms with Gasteiger partial charge in [0.25, 0.3) is 0 Å². The highest BCUT2D eigenvalue weighted by atomic mass is 16.5. The summed E-state index contributed by atoms with van der Waals surface area (Å²) in [5.41, 5.74) is -0.381. The maximum absolute atomic E-state index is 10.4. The number of hydrogen-bond donors (Lipinski definition) is 1. The van der Waals surface area contributed by atoms with E-state index < -0.39 is 5.60 Å². The highest BCUT2D eigenvalue weighted by Gasteiger charge is 2.22. The van der Waals surface area contributed by atoms with Gasteiger partial charge < -0.3 is 14.6 Å². The Kier molecular flexibility index (Phi) is 4.07. The highest BCUT2D eigenvalue weighted by molar-refractivity contribution is 5.52. The smallest absolute Gasteiger partial charge is 0.123 e. The standard InChI is InChI=1S/C13H18O3/c1-10(2)16-12-6-4-11(5-7-12)13(3,15)8-9-14/h4-7,9-10,15H,8H2,1-3H3. The molecule has 0 heterocycles. The molecule has 0 fully saturated rings. The Balaban J connectivity index is 2.81. The van der Waals surface area contributed by atoms with E-state index >= 15 is 0 Å². The summed E-state index contributed by atoms with van der Waals surface area (Å²) in [5, 5.41) is 9.99. The molecule has 0 spiro atoms. The molecule has 0 saturated carbocycles. The Morgan fingerprint density at radius 1 is 1.38 bits per heavy atom. The SMILES string of the molecule is CC(C)Oc1ccc(C(C)(O)CC=O)cc1. The topological polar surface area (TPSA) is 46.5 Å². The quantitative estimate of drug-likeness (QED) is 0.777. The predicted molar refractivity (Wildman–Crippen MR) is 62.5 cm³/mol. The lowest BCUT2D eigenvalue weighted by atomic mass is 9.93. The summed E-state index contributed by atoms with van der Waals surface area (Å²) in [6, 6.07) is 7.16. The Labute approximate surface area is 96.1 Å². The molecule has 1 unspecified atom stereocenters. The molecule has 1 N–H and O–H groups in total. The first-order valence-corrected chi connectivity index (χ1v) is 5.39. The van der Waals surface area contributed by atoms with Gasteiger partial charge in [-0.2, -0.15) is 0 Å². The molecule has 0 aliphatic rings. The maximum atomic E-state index is 10.4. The van der Waals surface area contributed by atoms with Crippen LogP contribution in [0.2, 0.25) is 0 Å². The van der Waals surface area contributed by atoms with E-state index in [1.807, 2.05) is 13.8 Å². The third kappa shape index (κ3) is 3.35. The zero-order valence-corrected chi connectivity index (χ0v) is 9.93. The lowest BCUT2D eigenvalue weighted by Crippen LogP contribution is -2.21. The van der Waals surface area contributed by atoms with Crippen molar-refractivity contribution in [3.8, 4) is 5.75 Å². The van der Waals surface area contributed by atoms with Crippen molar-refractivity contribution in [1.82, 2.24) is 0 Å². The normalized spacial score (nSPS) is 14.6. The number of hydrogen-bond acceptors (Lipinski definition) is 3. The van der Waals surface area contributed by atoms with Crippen molar-refractivity contribution in [2.45, 2.75) is 38.9 Å². The molecule has 1 atom stereocenters. The predicted octanol–water partition coefficient (Wildman–Crippen LogP) is 2.27. The van der Waals surface area contributed by atoms with E-state index in [1.165, 1.54) is 0 Å². The molecule has 0 radical (unpaired) electrons. The van der Waals surface area contributed by atoms with E-state index in [9.17, 15) is 9.90 Å². The maximum Gasteiger partial charge on any atom is 0.123 e. The highest BCUT2D eigenvalue weighted by Crippen LogP contribution is 2.25. The minimum Gasteiger partial charge on any atom is -0.491 e. The van der Waals surface area contributed by atoms with Crippen LogP contribution in [0, 0.1) is 0 Å². The first kappa shape index (κ1) is 12.7. The molecule has 16 heavy (non-hydrogen) atoms. The number of rotatable bonds is 5. The second kappa shape index (κ2) is 5.12. The molecule has 1 rings (SSSR count). The van der Waals surface area contributed by atoms with Crippen molar-refractivity contribution in [2.75, 3.05) is 0 Å². The fourth-order valence-electron chi connectivity index (χ4n) is 1.44. The summed E-state index contributed by atoms with van der Waals surface area (Å²) >= 11 is 0. The van der Waals surface area contributed by atoms with E-state index in [0.29, 0.717) is 0 Å². The number of ether oxygens (including phenoxy) is 1. The second-order valence-corrected chi connectivity index (χ2v) is 4.34. The van der Waals surface area contributed by atoms with Crippen LogP contribution in [0.15, 0.2) is 24.3 Å². The second-order valence-electron chi connectivity index (χ2n) is 4.34. The lowest BCUT2D eigenvalue weighted by Gasteiger charge is -2.21. The molecule has 3 heteroatoms. The van der Waals surface area contributed by atoms with Crippen molar-refractivity contribution < 1.29 is 14.6 Å². The van der Waals surface area contributed by atoms with Crippen LogP contribution in [0.5, 0.6) is 5.75 Å². The molecular formula is C13H18O3. The van der Waals surface area contributed by atoms with Crippen LogP contribution in [-0.2, 0) is 10.4 Å². The molecule has 0 saturated heterocycles. The molecule has 88 valence electrons. The molecule has 3 nitrogen and oxygen atoms in total. The third-order valence-corrected chi connectivity index (χ3v) is 2.33. The van der Waals surface area contributed by atoms with Gasteiger partial charge >= 0.3 is 0 Å². The molecular weight excluding hydrogens is 204 g/mol. The molecule has 0 amide bonds. The summed E-state index contributed by atoms with van der Waals surface area (Å²) < 4.78 is 5.49. The number of carbonyl (C=O) groups excluding carboxylic acids is 1. The van der Waals surface area contributed by atoms with E-state index in [0.717, 1.165) is 17.6 Å². The van der Waals surface area contributed by atoms with Gasteiger partial charge in [0.1, 0.15) is 12.0 Å². The van der Waals surface area contributed by atoms with Crippen molar-refractivity contribution >= 4 is 6.29 Å². The summed E-state index contributed by atoms with van der Waals surface area (Å²) in [6.07, 6.45) is 0.942. The van der Waals surface area contributed by atoms with Crippen LogP contribution in [0.1, 0.15) is 32.8 Å². The van der Waals surface area contributed by atoms with Gasteiger partial charge in [-0.05, 0) is 38.5 Å². The van der Waals surface area contributed by atoms with Crippen molar-refractivity contribution in [2.24, 2.45) is 0 Å². The zero-order valence-electron chi connectivity index (χ0n) is 9.93. The molecule has 0 aliphatic heterocycles. The Morgan fingerprint density at radius 3 is 2.38 bits per heavy atom. The largest absolute Gasteiger partial charge is 0.491 e. The third-order valence-electron chi connectivity index (χ3n) is 2.33. The minimum absolute atomic E-state index is 0.0946. The summed E-state index contributed by atoms with van der Waals surface area (Å²) in [6.45, 7) is 5.53. The molecule has 0 aliphatic carbocycles. The Hall–Kier alpha value is -1.35. The molecule has 1 aromatic rings. The van der Waals surface area contributed by atoms with Gasteiger partial charge in [0.2, 0.25) is 0 Å². The molecule has 1 aromatic carbocycles. The summed E-state index contributed by atoms with van der Waals surface area (Å²) in [4.78, 5) is 10.4. The van der Waals surface area contributed by atoms with Crippen LogP contribution in [-0.4, -0.2) is 17.5 Å². The van der Waals surface area contributed by atoms with Gasteiger partial charge in [-0.3, -0.25) is 0 Å². The first-order valence-electron chi connectivity index (χ1n) is 5.39. The average Bonchev–Trinajstić information content (AvgIpc) is 2.17. The number of benzene rings is 1. The van der Waals surface area contributed by atoms with Gasteiger partial charge in [0.15, 0.2) is 0 Å². The number of aliphatic hydroxyl groups is 1. The molecule has 0 bridgehead atoms. The summed E-state index contributed by atoms with van der Waals surface area (Å²) in [5.74, 6) is 0.764. The zero-order chi connectivity index (χ0) is 12.2. The van der Waals surface area contributed by atoms with E-state index in [1.54, 1.807) is 31.2 Å². The van der Waals surface area contributed by atoms with Crippen LogP contribution in [0.25, 0.3) is 0 Å². The average molecular weight is 222 g/mol. The number of carbonyl (C=O) groups is 1. The van der Waals surface area contributed by atoms with Crippen LogP contribution in [0.4, 0.5) is 0 Å². The van der Waals surface area contributed by atoms with E-state index in [4.69, 9.17) is 4.74 Å². The van der Waals surface area contributed by atoms with Crippen LogP contribution < -0.4 is 4.74 Å². The van der Waals surface area contributed by atoms with Gasteiger partial charge in [-0.1, -0.05) is 12.1 Å². The Morgan fingerprint density at radius 2 is 1.94 bits per heavy atom. The first-order chi connectivity index (χ1) is 7.45. The van der Waals surface area contributed by atoms with Crippen molar-refractivity contribution in [3.05, 3.63) is 29.8 Å². The van der Waals surface area contributed by atoms with E-state index in [2.05, 4.69) is 0 Å². The fraction of sp³-hybridized carbons (Fsp3) is 0.462. The van der Waals surface area contributed by atoms with Crippen LogP contribution >= 0.6 is 0 Å². The van der Waals surface area contributed by atoms with Gasteiger partial charge in [0.05, 0.1) is 11.7 Å². The molecule has 0 aromatic heterocycles. The van der Waals surface area contributed by atoms with E-state index in [-0.39, 0.29) is 12.5 Å². The lowest BCUT2D eigenvalue weighted by molar-refractivity contribution is -0.112.